The van der Waals surface area contributed by atoms with E-state index in [1.807, 2.05) is 30.0 Å². The summed E-state index contributed by atoms with van der Waals surface area (Å²) in [7, 11) is 0. The van der Waals surface area contributed by atoms with Crippen molar-refractivity contribution in [1.82, 2.24) is 4.90 Å². The maximum absolute atomic E-state index is 12.8. The third-order valence-electron chi connectivity index (χ3n) is 4.08. The number of ether oxygens (including phenoxy) is 2. The molecule has 0 atom stereocenters. The minimum atomic E-state index is 0.00715. The molecular weight excluding hydrogens is 290 g/mol. The minimum absolute atomic E-state index is 0.00715. The summed E-state index contributed by atoms with van der Waals surface area (Å²) >= 11 is 0. The molecular formula is C19H21NO3. The fourth-order valence-electron chi connectivity index (χ4n) is 2.68. The average molecular weight is 311 g/mol. The van der Waals surface area contributed by atoms with Crippen molar-refractivity contribution in [2.45, 2.75) is 20.4 Å². The van der Waals surface area contributed by atoms with Crippen LogP contribution in [0.1, 0.15) is 28.4 Å². The largest absolute Gasteiger partial charge is 0.486 e. The van der Waals surface area contributed by atoms with Gasteiger partial charge in [0.2, 0.25) is 0 Å². The topological polar surface area (TPSA) is 38.8 Å². The second-order valence-corrected chi connectivity index (χ2v) is 5.60. The van der Waals surface area contributed by atoms with E-state index in [9.17, 15) is 4.79 Å². The summed E-state index contributed by atoms with van der Waals surface area (Å²) in [5, 5.41) is 0. The summed E-state index contributed by atoms with van der Waals surface area (Å²) in [6.07, 6.45) is 0. The first-order valence-electron chi connectivity index (χ1n) is 7.92. The van der Waals surface area contributed by atoms with Crippen LogP contribution in [0, 0.1) is 6.92 Å². The van der Waals surface area contributed by atoms with E-state index < -0.39 is 0 Å². The molecule has 0 aliphatic carbocycles. The molecule has 0 saturated heterocycles. The smallest absolute Gasteiger partial charge is 0.254 e. The molecule has 1 aliphatic heterocycles. The number of benzene rings is 2. The van der Waals surface area contributed by atoms with E-state index in [0.29, 0.717) is 43.4 Å². The Balaban J connectivity index is 1.81. The molecule has 23 heavy (non-hydrogen) atoms. The van der Waals surface area contributed by atoms with Gasteiger partial charge in [0.1, 0.15) is 13.2 Å². The summed E-state index contributed by atoms with van der Waals surface area (Å²) in [6.45, 7) is 6.39. The molecule has 0 saturated carbocycles. The van der Waals surface area contributed by atoms with Gasteiger partial charge in [0.25, 0.3) is 5.91 Å². The molecule has 0 spiro atoms. The van der Waals surface area contributed by atoms with Crippen molar-refractivity contribution in [2.75, 3.05) is 19.8 Å². The molecule has 0 fully saturated rings. The van der Waals surface area contributed by atoms with Crippen LogP contribution in [0.5, 0.6) is 11.5 Å². The molecule has 4 nitrogen and oxygen atoms in total. The van der Waals surface area contributed by atoms with Crippen LogP contribution in [0.15, 0.2) is 42.5 Å². The van der Waals surface area contributed by atoms with Crippen LogP contribution in [0.2, 0.25) is 0 Å². The molecule has 1 heterocycles. The highest BCUT2D eigenvalue weighted by Gasteiger charge is 2.19. The van der Waals surface area contributed by atoms with Gasteiger partial charge in [0.15, 0.2) is 11.5 Å². The molecule has 1 aliphatic rings. The second kappa shape index (κ2) is 6.73. The SMILES string of the molecule is CCN(Cc1ccccc1C)C(=O)c1ccc2c(c1)OCCO2. The van der Waals surface area contributed by atoms with Gasteiger partial charge >= 0.3 is 0 Å². The first-order chi connectivity index (χ1) is 11.2. The summed E-state index contributed by atoms with van der Waals surface area (Å²) in [5.41, 5.74) is 2.99. The van der Waals surface area contributed by atoms with Crippen LogP contribution in [0.4, 0.5) is 0 Å². The lowest BCUT2D eigenvalue weighted by molar-refractivity contribution is 0.0751. The molecule has 3 rings (SSSR count). The molecule has 2 aromatic rings. The van der Waals surface area contributed by atoms with E-state index in [4.69, 9.17) is 9.47 Å². The van der Waals surface area contributed by atoms with Crippen molar-refractivity contribution in [1.29, 1.82) is 0 Å². The number of fused-ring (bicyclic) bond motifs is 1. The Morgan fingerprint density at radius 1 is 1.09 bits per heavy atom. The van der Waals surface area contributed by atoms with Crippen LogP contribution >= 0.6 is 0 Å². The maximum Gasteiger partial charge on any atom is 0.254 e. The zero-order valence-electron chi connectivity index (χ0n) is 13.5. The van der Waals surface area contributed by atoms with E-state index in [1.54, 1.807) is 12.1 Å². The lowest BCUT2D eigenvalue weighted by atomic mass is 10.1. The molecule has 120 valence electrons. The Kier molecular flexibility index (Phi) is 4.51. The lowest BCUT2D eigenvalue weighted by Crippen LogP contribution is -2.30. The molecule has 0 unspecified atom stereocenters. The third kappa shape index (κ3) is 3.31. The molecule has 4 heteroatoms. The van der Waals surface area contributed by atoms with Gasteiger partial charge in [-0.05, 0) is 43.2 Å². The van der Waals surface area contributed by atoms with Crippen LogP contribution in [0.3, 0.4) is 0 Å². The normalized spacial score (nSPS) is 12.8. The van der Waals surface area contributed by atoms with Gasteiger partial charge in [-0.3, -0.25) is 4.79 Å². The van der Waals surface area contributed by atoms with Crippen molar-refractivity contribution in [2.24, 2.45) is 0 Å². The summed E-state index contributed by atoms with van der Waals surface area (Å²) in [4.78, 5) is 14.6. The Morgan fingerprint density at radius 2 is 1.83 bits per heavy atom. The first kappa shape index (κ1) is 15.4. The second-order valence-electron chi connectivity index (χ2n) is 5.60. The predicted octanol–water partition coefficient (Wildman–Crippen LogP) is 3.43. The molecule has 0 N–H and O–H groups in total. The number of carbonyl (C=O) groups is 1. The predicted molar refractivity (Wildman–Crippen MR) is 89.0 cm³/mol. The van der Waals surface area contributed by atoms with Crippen molar-refractivity contribution in [3.63, 3.8) is 0 Å². The fraction of sp³-hybridized carbons (Fsp3) is 0.316. The van der Waals surface area contributed by atoms with Gasteiger partial charge in [-0.25, -0.2) is 0 Å². The van der Waals surface area contributed by atoms with Gasteiger partial charge < -0.3 is 14.4 Å². The van der Waals surface area contributed by atoms with E-state index in [1.165, 1.54) is 11.1 Å². The Bertz CT molecular complexity index is 712. The molecule has 0 bridgehead atoms. The fourth-order valence-corrected chi connectivity index (χ4v) is 2.68. The summed E-state index contributed by atoms with van der Waals surface area (Å²) < 4.78 is 11.1. The number of carbonyl (C=O) groups excluding carboxylic acids is 1. The highest BCUT2D eigenvalue weighted by molar-refractivity contribution is 5.95. The van der Waals surface area contributed by atoms with Gasteiger partial charge in [0, 0.05) is 18.7 Å². The number of hydrogen-bond donors (Lipinski definition) is 0. The van der Waals surface area contributed by atoms with Crippen molar-refractivity contribution < 1.29 is 14.3 Å². The minimum Gasteiger partial charge on any atom is -0.486 e. The highest BCUT2D eigenvalue weighted by atomic mass is 16.6. The number of nitrogens with zero attached hydrogens (tertiary/aromatic N) is 1. The van der Waals surface area contributed by atoms with Crippen LogP contribution in [-0.4, -0.2) is 30.6 Å². The van der Waals surface area contributed by atoms with E-state index in [-0.39, 0.29) is 5.91 Å². The van der Waals surface area contributed by atoms with E-state index in [2.05, 4.69) is 19.1 Å². The molecule has 1 amide bonds. The molecule has 2 aromatic carbocycles. The third-order valence-corrected chi connectivity index (χ3v) is 4.08. The number of amides is 1. The van der Waals surface area contributed by atoms with Crippen molar-refractivity contribution in [3.05, 3.63) is 59.2 Å². The number of hydrogen-bond acceptors (Lipinski definition) is 3. The Hall–Kier alpha value is -2.49. The number of rotatable bonds is 4. The van der Waals surface area contributed by atoms with Gasteiger partial charge in [-0.1, -0.05) is 24.3 Å². The quantitative estimate of drug-likeness (QED) is 0.868. The van der Waals surface area contributed by atoms with Crippen molar-refractivity contribution >= 4 is 5.91 Å². The lowest BCUT2D eigenvalue weighted by Gasteiger charge is -2.23. The highest BCUT2D eigenvalue weighted by Crippen LogP contribution is 2.31. The molecule has 0 aromatic heterocycles. The molecule has 0 radical (unpaired) electrons. The standard InChI is InChI=1S/C19H21NO3/c1-3-20(13-16-7-5-4-6-14(16)2)19(21)15-8-9-17-18(12-15)23-11-10-22-17/h4-9,12H,3,10-11,13H2,1-2H3. The van der Waals surface area contributed by atoms with Gasteiger partial charge in [-0.15, -0.1) is 0 Å². The zero-order valence-corrected chi connectivity index (χ0v) is 13.5. The van der Waals surface area contributed by atoms with Gasteiger partial charge in [-0.2, -0.15) is 0 Å². The van der Waals surface area contributed by atoms with Crippen molar-refractivity contribution in [3.8, 4) is 11.5 Å². The van der Waals surface area contributed by atoms with Crippen LogP contribution < -0.4 is 9.47 Å². The summed E-state index contributed by atoms with van der Waals surface area (Å²) in [5.74, 6) is 1.36. The monoisotopic (exact) mass is 311 g/mol. The van der Waals surface area contributed by atoms with E-state index in [0.717, 1.165) is 0 Å². The average Bonchev–Trinajstić information content (AvgIpc) is 2.60. The summed E-state index contributed by atoms with van der Waals surface area (Å²) in [6, 6.07) is 13.5. The van der Waals surface area contributed by atoms with E-state index >= 15 is 0 Å². The zero-order chi connectivity index (χ0) is 16.2. The van der Waals surface area contributed by atoms with Crippen LogP contribution in [0.25, 0.3) is 0 Å². The number of aryl methyl sites for hydroxylation is 1. The Morgan fingerprint density at radius 3 is 2.57 bits per heavy atom. The van der Waals surface area contributed by atoms with Crippen LogP contribution in [-0.2, 0) is 6.54 Å². The maximum atomic E-state index is 12.8. The Labute approximate surface area is 136 Å². The first-order valence-corrected chi connectivity index (χ1v) is 7.92. The van der Waals surface area contributed by atoms with Gasteiger partial charge in [0.05, 0.1) is 0 Å².